The van der Waals surface area contributed by atoms with E-state index in [4.69, 9.17) is 0 Å². The zero-order valence-corrected chi connectivity index (χ0v) is 17.7. The van der Waals surface area contributed by atoms with E-state index in [1.165, 1.54) is 7.05 Å². The summed E-state index contributed by atoms with van der Waals surface area (Å²) in [7, 11) is 2.50. The van der Waals surface area contributed by atoms with Gasteiger partial charge in [-0.3, -0.25) is 9.89 Å². The first-order chi connectivity index (χ1) is 15.5. The molecule has 0 spiro atoms. The van der Waals surface area contributed by atoms with Gasteiger partial charge in [-0.1, -0.05) is 0 Å². The van der Waals surface area contributed by atoms with E-state index in [0.29, 0.717) is 30.1 Å². The molecule has 0 aromatic carbocycles. The van der Waals surface area contributed by atoms with Gasteiger partial charge in [0.1, 0.15) is 11.9 Å². The van der Waals surface area contributed by atoms with Crippen LogP contribution in [0.2, 0.25) is 0 Å². The first kappa shape index (κ1) is 22.6. The molecule has 9 nitrogen and oxygen atoms in total. The molecule has 33 heavy (non-hydrogen) atoms. The highest BCUT2D eigenvalue weighted by molar-refractivity contribution is 5.89. The molecule has 1 fully saturated rings. The van der Waals surface area contributed by atoms with Gasteiger partial charge in [0.05, 0.1) is 36.2 Å². The second-order valence-electron chi connectivity index (χ2n) is 7.92. The summed E-state index contributed by atoms with van der Waals surface area (Å²) >= 11 is 0. The maximum Gasteiger partial charge on any atom is 0.417 e. The molecule has 3 aromatic rings. The molecule has 4 heterocycles. The standard InChI is InChI=1S/C20H21F4N7O2/c1-29-9-12(20(22,23)24)6-15(18(29)32)27-19(33)30(2)16-3-4-31(10-14(16)21)13-5-11-7-26-28-17(11)25-8-13/h5-9,14,16H,3-4,10H2,1-2H3,(H,27,33)(H,25,26,28)/t14-,16+/m0/s1. The van der Waals surface area contributed by atoms with Crippen molar-refractivity contribution in [3.8, 4) is 0 Å². The number of aryl methyl sites for hydroxylation is 1. The smallest absolute Gasteiger partial charge is 0.367 e. The number of rotatable bonds is 3. The lowest BCUT2D eigenvalue weighted by Gasteiger charge is -2.39. The summed E-state index contributed by atoms with van der Waals surface area (Å²) in [5, 5.41) is 9.62. The van der Waals surface area contributed by atoms with Crippen molar-refractivity contribution in [2.45, 2.75) is 24.8 Å². The minimum Gasteiger partial charge on any atom is -0.367 e. The number of H-pyrrole nitrogens is 1. The number of nitrogens with zero attached hydrogens (tertiary/aromatic N) is 5. The number of aromatic amines is 1. The molecule has 176 valence electrons. The molecule has 3 aromatic heterocycles. The first-order valence-corrected chi connectivity index (χ1v) is 10.0. The Morgan fingerprint density at radius 2 is 2.06 bits per heavy atom. The summed E-state index contributed by atoms with van der Waals surface area (Å²) in [5.74, 6) is 0. The Morgan fingerprint density at radius 1 is 1.30 bits per heavy atom. The van der Waals surface area contributed by atoms with E-state index >= 15 is 4.39 Å². The number of carbonyl (C=O) groups excluding carboxylic acids is 1. The second-order valence-corrected chi connectivity index (χ2v) is 7.92. The van der Waals surface area contributed by atoms with Gasteiger partial charge >= 0.3 is 12.2 Å². The molecular formula is C20H21F4N7O2. The van der Waals surface area contributed by atoms with Crippen molar-refractivity contribution in [2.24, 2.45) is 7.05 Å². The number of pyridine rings is 2. The molecule has 0 bridgehead atoms. The van der Waals surface area contributed by atoms with Crippen molar-refractivity contribution in [1.29, 1.82) is 0 Å². The molecule has 4 rings (SSSR count). The molecule has 2 amide bonds. The average molecular weight is 467 g/mol. The number of piperidine rings is 1. The maximum atomic E-state index is 15.0. The fraction of sp³-hybridized carbons (Fsp3) is 0.400. The second kappa shape index (κ2) is 8.37. The lowest BCUT2D eigenvalue weighted by atomic mass is 10.0. The molecule has 0 aliphatic carbocycles. The molecular weight excluding hydrogens is 446 g/mol. The number of carbonyl (C=O) groups is 1. The van der Waals surface area contributed by atoms with Crippen molar-refractivity contribution in [2.75, 3.05) is 30.4 Å². The minimum atomic E-state index is -4.69. The molecule has 0 unspecified atom stereocenters. The average Bonchev–Trinajstić information content (AvgIpc) is 3.23. The van der Waals surface area contributed by atoms with Gasteiger partial charge in [0.2, 0.25) is 0 Å². The van der Waals surface area contributed by atoms with Crippen molar-refractivity contribution < 1.29 is 22.4 Å². The van der Waals surface area contributed by atoms with Crippen LogP contribution in [0.25, 0.3) is 11.0 Å². The number of fused-ring (bicyclic) bond motifs is 1. The van der Waals surface area contributed by atoms with Crippen LogP contribution in [0, 0.1) is 0 Å². The van der Waals surface area contributed by atoms with Crippen LogP contribution < -0.4 is 15.8 Å². The van der Waals surface area contributed by atoms with Crippen LogP contribution in [-0.2, 0) is 13.2 Å². The number of amides is 2. The van der Waals surface area contributed by atoms with E-state index in [1.807, 2.05) is 6.07 Å². The third-order valence-corrected chi connectivity index (χ3v) is 5.72. The van der Waals surface area contributed by atoms with Crippen LogP contribution >= 0.6 is 0 Å². The molecule has 1 aliphatic rings. The highest BCUT2D eigenvalue weighted by atomic mass is 19.4. The predicted octanol–water partition coefficient (Wildman–Crippen LogP) is 2.76. The summed E-state index contributed by atoms with van der Waals surface area (Å²) < 4.78 is 54.9. The van der Waals surface area contributed by atoms with Gasteiger partial charge in [0, 0.05) is 32.2 Å². The van der Waals surface area contributed by atoms with Gasteiger partial charge < -0.3 is 19.7 Å². The third kappa shape index (κ3) is 4.47. The lowest BCUT2D eigenvalue weighted by Crippen LogP contribution is -2.54. The highest BCUT2D eigenvalue weighted by Crippen LogP contribution is 2.30. The van der Waals surface area contributed by atoms with E-state index in [2.05, 4.69) is 20.5 Å². The van der Waals surface area contributed by atoms with Crippen molar-refractivity contribution >= 4 is 28.4 Å². The van der Waals surface area contributed by atoms with Crippen LogP contribution in [0.1, 0.15) is 12.0 Å². The van der Waals surface area contributed by atoms with Crippen LogP contribution in [0.3, 0.4) is 0 Å². The van der Waals surface area contributed by atoms with E-state index in [0.717, 1.165) is 21.9 Å². The topological polar surface area (TPSA) is 99.1 Å². The predicted molar refractivity (Wildman–Crippen MR) is 113 cm³/mol. The third-order valence-electron chi connectivity index (χ3n) is 5.72. The quantitative estimate of drug-likeness (QED) is 0.578. The van der Waals surface area contributed by atoms with Gasteiger partial charge in [-0.15, -0.1) is 0 Å². The number of halogens is 4. The largest absolute Gasteiger partial charge is 0.417 e. The molecule has 0 radical (unpaired) electrons. The van der Waals surface area contributed by atoms with Crippen LogP contribution in [0.15, 0.2) is 35.5 Å². The molecule has 2 atom stereocenters. The minimum absolute atomic E-state index is 0.00134. The van der Waals surface area contributed by atoms with Crippen LogP contribution in [0.5, 0.6) is 0 Å². The molecule has 1 saturated heterocycles. The fourth-order valence-corrected chi connectivity index (χ4v) is 3.87. The molecule has 13 heteroatoms. The lowest BCUT2D eigenvalue weighted by molar-refractivity contribution is -0.138. The summed E-state index contributed by atoms with van der Waals surface area (Å²) in [6.07, 6.45) is -1.99. The Labute approximate surface area is 185 Å². The van der Waals surface area contributed by atoms with E-state index in [1.54, 1.807) is 17.3 Å². The molecule has 0 saturated carbocycles. The van der Waals surface area contributed by atoms with Crippen molar-refractivity contribution in [3.05, 3.63) is 46.6 Å². The Morgan fingerprint density at radius 3 is 2.76 bits per heavy atom. The van der Waals surface area contributed by atoms with Gasteiger partial charge in [-0.05, 0) is 18.6 Å². The normalized spacial score (nSPS) is 19.0. The van der Waals surface area contributed by atoms with Crippen molar-refractivity contribution in [3.63, 3.8) is 0 Å². The van der Waals surface area contributed by atoms with Crippen LogP contribution in [0.4, 0.5) is 33.7 Å². The molecule has 2 N–H and O–H groups in total. The Balaban J connectivity index is 1.45. The van der Waals surface area contributed by atoms with E-state index in [-0.39, 0.29) is 13.0 Å². The monoisotopic (exact) mass is 467 g/mol. The number of alkyl halides is 4. The summed E-state index contributed by atoms with van der Waals surface area (Å²) in [5.41, 5.74) is -1.09. The SMILES string of the molecule is CN(C(=O)Nc1cc(C(F)(F)F)cn(C)c1=O)[C@@H]1CCN(c2cnc3[nH]ncc3c2)C[C@@H]1F. The maximum absolute atomic E-state index is 15.0. The van der Waals surface area contributed by atoms with Gasteiger partial charge in [-0.25, -0.2) is 14.2 Å². The zero-order chi connectivity index (χ0) is 23.9. The summed E-state index contributed by atoms with van der Waals surface area (Å²) in [6.45, 7) is 0.428. The van der Waals surface area contributed by atoms with Gasteiger partial charge in [-0.2, -0.15) is 18.3 Å². The Hall–Kier alpha value is -3.64. The number of urea groups is 1. The Kier molecular flexibility index (Phi) is 5.72. The number of aromatic nitrogens is 4. The number of nitrogens with one attached hydrogen (secondary N) is 2. The van der Waals surface area contributed by atoms with Crippen LogP contribution in [-0.4, -0.2) is 63.0 Å². The van der Waals surface area contributed by atoms with Crippen molar-refractivity contribution in [1.82, 2.24) is 24.6 Å². The highest BCUT2D eigenvalue weighted by Gasteiger charge is 2.35. The number of hydrogen-bond acceptors (Lipinski definition) is 5. The number of hydrogen-bond donors (Lipinski definition) is 2. The van der Waals surface area contributed by atoms with Gasteiger partial charge in [0.15, 0.2) is 5.65 Å². The first-order valence-electron chi connectivity index (χ1n) is 10.0. The number of anilines is 2. The zero-order valence-electron chi connectivity index (χ0n) is 17.7. The van der Waals surface area contributed by atoms with E-state index in [9.17, 15) is 22.8 Å². The summed E-state index contributed by atoms with van der Waals surface area (Å²) in [4.78, 5) is 31.9. The van der Waals surface area contributed by atoms with E-state index < -0.39 is 41.2 Å². The fourth-order valence-electron chi connectivity index (χ4n) is 3.87. The molecule has 1 aliphatic heterocycles. The summed E-state index contributed by atoms with van der Waals surface area (Å²) in [6, 6.07) is 0.719. The van der Waals surface area contributed by atoms with Gasteiger partial charge in [0.25, 0.3) is 5.56 Å². The Bertz CT molecular complexity index is 1240.